The SMILES string of the molecule is CN1CCN(C)C(CNC(=O)CC(N)C(C)(C)C)C1. The van der Waals surface area contributed by atoms with Gasteiger partial charge >= 0.3 is 0 Å². The summed E-state index contributed by atoms with van der Waals surface area (Å²) in [5.41, 5.74) is 6.00. The molecule has 1 aliphatic rings. The first-order valence-electron chi connectivity index (χ1n) is 7.11. The Labute approximate surface area is 117 Å². The van der Waals surface area contributed by atoms with Crippen molar-refractivity contribution in [3.05, 3.63) is 0 Å². The molecule has 19 heavy (non-hydrogen) atoms. The molecule has 1 heterocycles. The molecule has 1 saturated heterocycles. The summed E-state index contributed by atoms with van der Waals surface area (Å²) in [6.45, 7) is 10.0. The van der Waals surface area contributed by atoms with Crippen molar-refractivity contribution >= 4 is 5.91 Å². The highest BCUT2D eigenvalue weighted by Crippen LogP contribution is 2.19. The van der Waals surface area contributed by atoms with E-state index in [0.29, 0.717) is 19.0 Å². The van der Waals surface area contributed by atoms with E-state index in [1.807, 2.05) is 0 Å². The number of nitrogens with two attached hydrogens (primary N) is 1. The molecule has 3 N–H and O–H groups in total. The van der Waals surface area contributed by atoms with Gasteiger partial charge in [-0.2, -0.15) is 0 Å². The van der Waals surface area contributed by atoms with Gasteiger partial charge in [0.15, 0.2) is 0 Å². The molecule has 0 aromatic carbocycles. The van der Waals surface area contributed by atoms with Crippen LogP contribution in [-0.2, 0) is 4.79 Å². The number of amides is 1. The predicted octanol–water partition coefficient (Wildman–Crippen LogP) is 0.112. The largest absolute Gasteiger partial charge is 0.354 e. The third-order valence-corrected chi connectivity index (χ3v) is 4.03. The summed E-state index contributed by atoms with van der Waals surface area (Å²) in [7, 11) is 4.24. The van der Waals surface area contributed by atoms with Crippen LogP contribution in [0.1, 0.15) is 27.2 Å². The summed E-state index contributed by atoms with van der Waals surface area (Å²) >= 11 is 0. The van der Waals surface area contributed by atoms with Gasteiger partial charge in [-0.3, -0.25) is 9.69 Å². The standard InChI is InChI=1S/C14H30N4O/c1-14(2,3)12(15)8-13(19)16-9-11-10-17(4)6-7-18(11)5/h11-12H,6-10,15H2,1-5H3,(H,16,19). The summed E-state index contributed by atoms with van der Waals surface area (Å²) in [5, 5.41) is 3.02. The van der Waals surface area contributed by atoms with Gasteiger partial charge in [-0.25, -0.2) is 0 Å². The number of nitrogens with one attached hydrogen (secondary N) is 1. The van der Waals surface area contributed by atoms with Gasteiger partial charge < -0.3 is 16.0 Å². The Morgan fingerprint density at radius 2 is 2.00 bits per heavy atom. The molecular formula is C14H30N4O. The Morgan fingerprint density at radius 3 is 2.58 bits per heavy atom. The monoisotopic (exact) mass is 270 g/mol. The van der Waals surface area contributed by atoms with Gasteiger partial charge in [0, 0.05) is 44.7 Å². The fourth-order valence-electron chi connectivity index (χ4n) is 2.13. The molecule has 0 saturated carbocycles. The van der Waals surface area contributed by atoms with Crippen molar-refractivity contribution in [3.63, 3.8) is 0 Å². The van der Waals surface area contributed by atoms with Crippen molar-refractivity contribution in [2.24, 2.45) is 11.1 Å². The molecule has 2 atom stereocenters. The van der Waals surface area contributed by atoms with E-state index in [1.165, 1.54) is 0 Å². The Morgan fingerprint density at radius 1 is 1.37 bits per heavy atom. The third-order valence-electron chi connectivity index (χ3n) is 4.03. The number of likely N-dealkylation sites (N-methyl/N-ethyl adjacent to an activating group) is 2. The van der Waals surface area contributed by atoms with Crippen molar-refractivity contribution in [1.29, 1.82) is 0 Å². The van der Waals surface area contributed by atoms with Crippen molar-refractivity contribution < 1.29 is 4.79 Å². The number of nitrogens with zero attached hydrogens (tertiary/aromatic N) is 2. The molecule has 0 spiro atoms. The van der Waals surface area contributed by atoms with E-state index in [2.05, 4.69) is 50.0 Å². The first-order chi connectivity index (χ1) is 8.70. The number of carbonyl (C=O) groups is 1. The second-order valence-electron chi connectivity index (χ2n) is 6.88. The van der Waals surface area contributed by atoms with Gasteiger partial charge in [-0.1, -0.05) is 20.8 Å². The predicted molar refractivity (Wildman–Crippen MR) is 79.0 cm³/mol. The molecule has 112 valence electrons. The normalized spacial score (nSPS) is 24.2. The fraction of sp³-hybridized carbons (Fsp3) is 0.929. The quantitative estimate of drug-likeness (QED) is 0.761. The maximum Gasteiger partial charge on any atom is 0.221 e. The first kappa shape index (κ1) is 16.4. The molecular weight excluding hydrogens is 240 g/mol. The van der Waals surface area contributed by atoms with Gasteiger partial charge in [-0.15, -0.1) is 0 Å². The Balaban J connectivity index is 2.33. The second kappa shape index (κ2) is 6.68. The van der Waals surface area contributed by atoms with Gasteiger partial charge in [0.1, 0.15) is 0 Å². The van der Waals surface area contributed by atoms with Crippen molar-refractivity contribution in [2.45, 2.75) is 39.3 Å². The molecule has 5 heteroatoms. The van der Waals surface area contributed by atoms with Crippen LogP contribution in [0.2, 0.25) is 0 Å². The van der Waals surface area contributed by atoms with Crippen LogP contribution in [0, 0.1) is 5.41 Å². The van der Waals surface area contributed by atoms with Gasteiger partial charge in [0.05, 0.1) is 0 Å². The van der Waals surface area contributed by atoms with Crippen LogP contribution in [0.4, 0.5) is 0 Å². The van der Waals surface area contributed by atoms with E-state index in [0.717, 1.165) is 19.6 Å². The lowest BCUT2D eigenvalue weighted by Crippen LogP contribution is -2.54. The van der Waals surface area contributed by atoms with Crippen LogP contribution in [0.25, 0.3) is 0 Å². The number of hydrogen-bond donors (Lipinski definition) is 2. The smallest absolute Gasteiger partial charge is 0.221 e. The molecule has 0 aromatic rings. The summed E-state index contributed by atoms with van der Waals surface area (Å²) in [5.74, 6) is 0.0593. The van der Waals surface area contributed by atoms with E-state index in [-0.39, 0.29) is 17.4 Å². The molecule has 1 amide bonds. The van der Waals surface area contributed by atoms with Crippen LogP contribution in [0.3, 0.4) is 0 Å². The summed E-state index contributed by atoms with van der Waals surface area (Å²) in [6.07, 6.45) is 0.399. The summed E-state index contributed by atoms with van der Waals surface area (Å²) in [6, 6.07) is 0.299. The minimum Gasteiger partial charge on any atom is -0.354 e. The third kappa shape index (κ3) is 5.47. The number of rotatable bonds is 4. The van der Waals surface area contributed by atoms with Crippen LogP contribution < -0.4 is 11.1 Å². The van der Waals surface area contributed by atoms with Crippen LogP contribution in [0.15, 0.2) is 0 Å². The fourth-order valence-corrected chi connectivity index (χ4v) is 2.13. The minimum atomic E-state index is -0.0979. The molecule has 0 aliphatic carbocycles. The molecule has 2 unspecified atom stereocenters. The lowest BCUT2D eigenvalue weighted by Gasteiger charge is -2.37. The maximum absolute atomic E-state index is 11.9. The summed E-state index contributed by atoms with van der Waals surface area (Å²) < 4.78 is 0. The first-order valence-corrected chi connectivity index (χ1v) is 7.11. The molecule has 0 radical (unpaired) electrons. The van der Waals surface area contributed by atoms with E-state index in [9.17, 15) is 4.79 Å². The molecule has 1 fully saturated rings. The average molecular weight is 270 g/mol. The average Bonchev–Trinajstić information content (AvgIpc) is 2.29. The van der Waals surface area contributed by atoms with Crippen molar-refractivity contribution in [3.8, 4) is 0 Å². The van der Waals surface area contributed by atoms with E-state index in [4.69, 9.17) is 5.73 Å². The molecule has 1 rings (SSSR count). The highest BCUT2D eigenvalue weighted by Gasteiger charge is 2.25. The number of hydrogen-bond acceptors (Lipinski definition) is 4. The maximum atomic E-state index is 11.9. The second-order valence-corrected chi connectivity index (χ2v) is 6.88. The van der Waals surface area contributed by atoms with Crippen LogP contribution >= 0.6 is 0 Å². The summed E-state index contributed by atoms with van der Waals surface area (Å²) in [4.78, 5) is 16.5. The number of piperazine rings is 1. The van der Waals surface area contributed by atoms with Gasteiger partial charge in [-0.05, 0) is 19.5 Å². The van der Waals surface area contributed by atoms with Gasteiger partial charge in [0.25, 0.3) is 0 Å². The Kier molecular flexibility index (Phi) is 5.77. The highest BCUT2D eigenvalue weighted by molar-refractivity contribution is 5.76. The lowest BCUT2D eigenvalue weighted by atomic mass is 9.85. The highest BCUT2D eigenvalue weighted by atomic mass is 16.1. The zero-order valence-corrected chi connectivity index (χ0v) is 13.1. The van der Waals surface area contributed by atoms with Crippen molar-refractivity contribution in [1.82, 2.24) is 15.1 Å². The van der Waals surface area contributed by atoms with Gasteiger partial charge in [0.2, 0.25) is 5.91 Å². The number of carbonyl (C=O) groups excluding carboxylic acids is 1. The lowest BCUT2D eigenvalue weighted by molar-refractivity contribution is -0.122. The zero-order chi connectivity index (χ0) is 14.6. The molecule has 1 aliphatic heterocycles. The molecule has 0 bridgehead atoms. The van der Waals surface area contributed by atoms with Crippen molar-refractivity contribution in [2.75, 3.05) is 40.3 Å². The van der Waals surface area contributed by atoms with Crippen LogP contribution in [-0.4, -0.2) is 68.1 Å². The molecule has 5 nitrogen and oxygen atoms in total. The topological polar surface area (TPSA) is 61.6 Å². The van der Waals surface area contributed by atoms with Crippen LogP contribution in [0.5, 0.6) is 0 Å². The minimum absolute atomic E-state index is 0.0286. The zero-order valence-electron chi connectivity index (χ0n) is 13.1. The Hall–Kier alpha value is -0.650. The Bertz CT molecular complexity index is 300. The molecule has 0 aromatic heterocycles. The van der Waals surface area contributed by atoms with E-state index < -0.39 is 0 Å². The van der Waals surface area contributed by atoms with E-state index >= 15 is 0 Å². The van der Waals surface area contributed by atoms with E-state index in [1.54, 1.807) is 0 Å².